The van der Waals surface area contributed by atoms with Gasteiger partial charge < -0.3 is 15.1 Å². The van der Waals surface area contributed by atoms with Crippen molar-refractivity contribution in [1.29, 1.82) is 0 Å². The lowest BCUT2D eigenvalue weighted by atomic mass is 10.1. The summed E-state index contributed by atoms with van der Waals surface area (Å²) in [5.41, 5.74) is 4.22. The molecule has 4 nitrogen and oxygen atoms in total. The molecule has 1 amide bonds. The highest BCUT2D eigenvalue weighted by Gasteiger charge is 2.27. The monoisotopic (exact) mass is 468 g/mol. The van der Waals surface area contributed by atoms with Gasteiger partial charge in [0.1, 0.15) is 11.5 Å². The van der Waals surface area contributed by atoms with E-state index in [0.717, 1.165) is 27.9 Å². The van der Waals surface area contributed by atoms with E-state index >= 15 is 0 Å². The number of halogens is 1. The Balaban J connectivity index is 1.47. The van der Waals surface area contributed by atoms with Crippen molar-refractivity contribution in [1.82, 2.24) is 5.32 Å². The average molecular weight is 469 g/mol. The SMILES string of the molecule is CCc1ccc(N[C@@H]2NC(=O)/C(=C\c3ccc(-c4ccc(C)cc4Br)o3)S2)cc1. The summed E-state index contributed by atoms with van der Waals surface area (Å²) in [4.78, 5) is 13.0. The molecular weight excluding hydrogens is 448 g/mol. The van der Waals surface area contributed by atoms with Crippen LogP contribution in [-0.2, 0) is 11.2 Å². The third kappa shape index (κ3) is 4.60. The van der Waals surface area contributed by atoms with Gasteiger partial charge in [0.15, 0.2) is 5.50 Å². The molecule has 2 N–H and O–H groups in total. The first kappa shape index (κ1) is 19.9. The second-order valence-electron chi connectivity index (χ2n) is 6.86. The van der Waals surface area contributed by atoms with E-state index in [2.05, 4.69) is 51.7 Å². The minimum atomic E-state index is -0.207. The van der Waals surface area contributed by atoms with Crippen molar-refractivity contribution in [3.05, 3.63) is 80.9 Å². The van der Waals surface area contributed by atoms with E-state index in [0.29, 0.717) is 10.7 Å². The van der Waals surface area contributed by atoms with Gasteiger partial charge in [0.25, 0.3) is 5.91 Å². The van der Waals surface area contributed by atoms with Crippen molar-refractivity contribution in [2.75, 3.05) is 5.32 Å². The van der Waals surface area contributed by atoms with Gasteiger partial charge in [-0.1, -0.05) is 52.8 Å². The van der Waals surface area contributed by atoms with Gasteiger partial charge in [0.2, 0.25) is 0 Å². The number of carbonyl (C=O) groups is 1. The highest BCUT2D eigenvalue weighted by atomic mass is 79.9. The summed E-state index contributed by atoms with van der Waals surface area (Å²) in [6, 6.07) is 18.2. The number of carbonyl (C=O) groups excluding carboxylic acids is 1. The standard InChI is InChI=1S/C23H21BrN2O2S/c1-3-15-5-7-16(8-6-15)25-23-26-22(27)21(29-23)13-17-9-11-20(28-17)18-10-4-14(2)12-19(18)24/h4-13,23,25H,3H2,1-2H3,(H,26,27)/b21-13+/t23-/m1/s1. The molecule has 1 aliphatic rings. The molecule has 0 unspecified atom stereocenters. The van der Waals surface area contributed by atoms with E-state index in [-0.39, 0.29) is 11.4 Å². The molecule has 2 heterocycles. The average Bonchev–Trinajstić information content (AvgIpc) is 3.29. The number of hydrogen-bond acceptors (Lipinski definition) is 4. The van der Waals surface area contributed by atoms with Crippen LogP contribution in [0.1, 0.15) is 23.8 Å². The van der Waals surface area contributed by atoms with Crippen LogP contribution >= 0.6 is 27.7 Å². The zero-order valence-electron chi connectivity index (χ0n) is 16.2. The van der Waals surface area contributed by atoms with E-state index in [9.17, 15) is 4.79 Å². The molecule has 4 rings (SSSR count). The third-order valence-corrected chi connectivity index (χ3v) is 6.37. The lowest BCUT2D eigenvalue weighted by Crippen LogP contribution is -2.30. The molecule has 3 aromatic rings. The number of anilines is 1. The molecule has 6 heteroatoms. The summed E-state index contributed by atoms with van der Waals surface area (Å²) in [6.07, 6.45) is 2.79. The van der Waals surface area contributed by atoms with E-state index < -0.39 is 0 Å². The lowest BCUT2D eigenvalue weighted by molar-refractivity contribution is -0.116. The molecular formula is C23H21BrN2O2S. The zero-order chi connectivity index (χ0) is 20.4. The van der Waals surface area contributed by atoms with Gasteiger partial charge in [-0.2, -0.15) is 0 Å². The zero-order valence-corrected chi connectivity index (χ0v) is 18.6. The van der Waals surface area contributed by atoms with Gasteiger partial charge in [-0.3, -0.25) is 4.79 Å². The first-order chi connectivity index (χ1) is 14.0. The van der Waals surface area contributed by atoms with Gasteiger partial charge >= 0.3 is 0 Å². The molecule has 0 bridgehead atoms. The van der Waals surface area contributed by atoms with Crippen LogP contribution in [0.2, 0.25) is 0 Å². The van der Waals surface area contributed by atoms with Crippen LogP contribution in [0.3, 0.4) is 0 Å². The molecule has 0 aliphatic carbocycles. The summed E-state index contributed by atoms with van der Waals surface area (Å²) in [5.74, 6) is 1.31. The summed E-state index contributed by atoms with van der Waals surface area (Å²) in [7, 11) is 0. The molecule has 1 aliphatic heterocycles. The molecule has 0 spiro atoms. The molecule has 29 heavy (non-hydrogen) atoms. The van der Waals surface area contributed by atoms with Gasteiger partial charge in [-0.25, -0.2) is 0 Å². The van der Waals surface area contributed by atoms with Gasteiger partial charge in [-0.05, 0) is 60.9 Å². The van der Waals surface area contributed by atoms with Gasteiger partial charge in [0, 0.05) is 21.8 Å². The Bertz CT molecular complexity index is 1070. The fourth-order valence-corrected chi connectivity index (χ4v) is 4.73. The minimum absolute atomic E-state index is 0.104. The maximum Gasteiger partial charge on any atom is 0.260 e. The van der Waals surface area contributed by atoms with E-state index in [1.165, 1.54) is 22.9 Å². The van der Waals surface area contributed by atoms with Crippen molar-refractivity contribution in [3.63, 3.8) is 0 Å². The number of thioether (sulfide) groups is 1. The fourth-order valence-electron chi connectivity index (χ4n) is 3.08. The number of furan rings is 1. The number of aryl methyl sites for hydroxylation is 2. The van der Waals surface area contributed by atoms with Gasteiger partial charge in [-0.15, -0.1) is 0 Å². The normalized spacial score (nSPS) is 17.6. The van der Waals surface area contributed by atoms with Crippen molar-refractivity contribution in [2.45, 2.75) is 25.8 Å². The Kier molecular flexibility index (Phi) is 5.83. The Hall–Kier alpha value is -2.44. The smallest absolute Gasteiger partial charge is 0.260 e. The summed E-state index contributed by atoms with van der Waals surface area (Å²) in [6.45, 7) is 4.18. The van der Waals surface area contributed by atoms with Crippen LogP contribution in [0.15, 0.2) is 68.4 Å². The topological polar surface area (TPSA) is 54.3 Å². The Labute approximate surface area is 182 Å². The maximum absolute atomic E-state index is 12.4. The van der Waals surface area contributed by atoms with Gasteiger partial charge in [0.05, 0.1) is 4.91 Å². The molecule has 1 aromatic heterocycles. The summed E-state index contributed by atoms with van der Waals surface area (Å²) >= 11 is 5.04. The van der Waals surface area contributed by atoms with Crippen LogP contribution < -0.4 is 10.6 Å². The molecule has 2 aromatic carbocycles. The minimum Gasteiger partial charge on any atom is -0.457 e. The van der Waals surface area contributed by atoms with Crippen molar-refractivity contribution < 1.29 is 9.21 Å². The van der Waals surface area contributed by atoms with Crippen LogP contribution in [-0.4, -0.2) is 11.4 Å². The number of hydrogen-bond donors (Lipinski definition) is 2. The Morgan fingerprint density at radius 3 is 2.69 bits per heavy atom. The molecule has 1 fully saturated rings. The van der Waals surface area contributed by atoms with E-state index in [1.807, 2.05) is 43.3 Å². The highest BCUT2D eigenvalue weighted by Crippen LogP contribution is 2.34. The van der Waals surface area contributed by atoms with Crippen LogP contribution in [0.4, 0.5) is 5.69 Å². The fraction of sp³-hybridized carbons (Fsp3) is 0.174. The Morgan fingerprint density at radius 2 is 1.97 bits per heavy atom. The number of amides is 1. The molecule has 148 valence electrons. The summed E-state index contributed by atoms with van der Waals surface area (Å²) in [5, 5.41) is 6.29. The second kappa shape index (κ2) is 8.51. The molecule has 1 saturated heterocycles. The van der Waals surface area contributed by atoms with Crippen molar-refractivity contribution >= 4 is 45.4 Å². The lowest BCUT2D eigenvalue weighted by Gasteiger charge is -2.12. The number of nitrogens with one attached hydrogen (secondary N) is 2. The molecule has 1 atom stereocenters. The predicted octanol–water partition coefficient (Wildman–Crippen LogP) is 6.18. The molecule has 0 radical (unpaired) electrons. The second-order valence-corrected chi connectivity index (χ2v) is 8.86. The van der Waals surface area contributed by atoms with Crippen LogP contribution in [0.5, 0.6) is 0 Å². The van der Waals surface area contributed by atoms with Crippen molar-refractivity contribution in [3.8, 4) is 11.3 Å². The van der Waals surface area contributed by atoms with Crippen LogP contribution in [0.25, 0.3) is 17.4 Å². The molecule has 0 saturated carbocycles. The third-order valence-electron chi connectivity index (χ3n) is 4.68. The Morgan fingerprint density at radius 1 is 1.17 bits per heavy atom. The van der Waals surface area contributed by atoms with E-state index in [1.54, 1.807) is 6.08 Å². The number of benzene rings is 2. The maximum atomic E-state index is 12.4. The largest absolute Gasteiger partial charge is 0.457 e. The quantitative estimate of drug-likeness (QED) is 0.438. The predicted molar refractivity (Wildman–Crippen MR) is 124 cm³/mol. The van der Waals surface area contributed by atoms with E-state index in [4.69, 9.17) is 4.42 Å². The first-order valence-electron chi connectivity index (χ1n) is 9.43. The summed E-state index contributed by atoms with van der Waals surface area (Å²) < 4.78 is 6.94. The van der Waals surface area contributed by atoms with Crippen LogP contribution in [0, 0.1) is 6.92 Å². The highest BCUT2D eigenvalue weighted by molar-refractivity contribution is 9.10. The first-order valence-corrected chi connectivity index (χ1v) is 11.1. The van der Waals surface area contributed by atoms with Crippen molar-refractivity contribution in [2.24, 2.45) is 0 Å². The number of rotatable bonds is 5.